The van der Waals surface area contributed by atoms with Crippen LogP contribution in [-0.2, 0) is 14.3 Å². The fourth-order valence-corrected chi connectivity index (χ4v) is 12.1. The maximum absolute atomic E-state index is 13.0. The molecule has 28 heavy (non-hydrogen) atoms. The predicted octanol–water partition coefficient (Wildman–Crippen LogP) is 2.68. The molecule has 3 aromatic carbocycles. The normalized spacial score (nSPS) is 11.0. The molecule has 0 aliphatic heterocycles. The Balaban J connectivity index is 2.14. The number of hydrogen-bond acceptors (Lipinski definition) is 3. The van der Waals surface area contributed by atoms with E-state index in [4.69, 9.17) is 4.74 Å². The summed E-state index contributed by atoms with van der Waals surface area (Å²) >= 11 is -3.10. The zero-order chi connectivity index (χ0) is 19.8. The minimum atomic E-state index is -3.10. The van der Waals surface area contributed by atoms with Gasteiger partial charge < -0.3 is 0 Å². The van der Waals surface area contributed by atoms with Gasteiger partial charge in [0, 0.05) is 0 Å². The summed E-state index contributed by atoms with van der Waals surface area (Å²) in [6.45, 7) is 2.04. The van der Waals surface area contributed by atoms with Crippen molar-refractivity contribution < 1.29 is 14.3 Å². The van der Waals surface area contributed by atoms with Gasteiger partial charge in [0.25, 0.3) is 0 Å². The first-order chi connectivity index (χ1) is 13.7. The van der Waals surface area contributed by atoms with Crippen LogP contribution in [0.5, 0.6) is 0 Å². The first-order valence-electron chi connectivity index (χ1n) is 9.39. The maximum atomic E-state index is 13.0. The van der Waals surface area contributed by atoms with E-state index >= 15 is 0 Å². The van der Waals surface area contributed by atoms with Crippen molar-refractivity contribution in [3.8, 4) is 0 Å². The third-order valence-electron chi connectivity index (χ3n) is 4.65. The van der Waals surface area contributed by atoms with Crippen LogP contribution in [-0.4, -0.2) is 31.9 Å². The molecule has 0 N–H and O–H groups in total. The molecule has 0 saturated carbocycles. The van der Waals surface area contributed by atoms with Gasteiger partial charge in [-0.3, -0.25) is 0 Å². The average Bonchev–Trinajstić information content (AvgIpc) is 2.74. The van der Waals surface area contributed by atoms with Gasteiger partial charge in [-0.25, -0.2) is 0 Å². The van der Waals surface area contributed by atoms with E-state index in [-0.39, 0.29) is 18.8 Å². The SMILES string of the molecule is CCOC(=O)CC(=O)C[As+](c1ccccc1)(c1ccccc1)c1ccccc1. The summed E-state index contributed by atoms with van der Waals surface area (Å²) in [6, 6.07) is 30.8. The number of esters is 1. The first kappa shape index (κ1) is 20.1. The van der Waals surface area contributed by atoms with Gasteiger partial charge >= 0.3 is 169 Å². The fraction of sp³-hybridized carbons (Fsp3) is 0.167. The Morgan fingerprint density at radius 2 is 1.11 bits per heavy atom. The van der Waals surface area contributed by atoms with E-state index in [1.807, 2.05) is 54.6 Å². The summed E-state index contributed by atoms with van der Waals surface area (Å²) in [5.74, 6) is -0.516. The molecule has 0 aliphatic carbocycles. The van der Waals surface area contributed by atoms with Crippen LogP contribution in [0.15, 0.2) is 91.0 Å². The van der Waals surface area contributed by atoms with E-state index in [0.717, 1.165) is 0 Å². The van der Waals surface area contributed by atoms with E-state index in [0.29, 0.717) is 5.21 Å². The third-order valence-corrected chi connectivity index (χ3v) is 13.8. The van der Waals surface area contributed by atoms with Crippen molar-refractivity contribution in [3.05, 3.63) is 91.0 Å². The Kier molecular flexibility index (Phi) is 6.84. The van der Waals surface area contributed by atoms with Crippen LogP contribution in [0.3, 0.4) is 0 Å². The van der Waals surface area contributed by atoms with Crippen LogP contribution < -0.4 is 13.1 Å². The Morgan fingerprint density at radius 1 is 0.714 bits per heavy atom. The molecule has 0 atom stereocenters. The van der Waals surface area contributed by atoms with Crippen LogP contribution in [0.4, 0.5) is 0 Å². The molecule has 0 spiro atoms. The molecule has 3 aromatic rings. The molecule has 0 unspecified atom stereocenters. The second kappa shape index (κ2) is 9.52. The number of ether oxygens (including phenoxy) is 1. The van der Waals surface area contributed by atoms with Gasteiger partial charge in [-0.05, 0) is 0 Å². The number of benzene rings is 3. The zero-order valence-corrected chi connectivity index (χ0v) is 17.8. The summed E-state index contributed by atoms with van der Waals surface area (Å²) in [5, 5.41) is 0.356. The molecule has 0 radical (unpaired) electrons. The molecule has 142 valence electrons. The van der Waals surface area contributed by atoms with Gasteiger partial charge in [-0.2, -0.15) is 0 Å². The van der Waals surface area contributed by atoms with Gasteiger partial charge in [0.05, 0.1) is 0 Å². The van der Waals surface area contributed by atoms with E-state index in [1.54, 1.807) is 6.92 Å². The number of rotatable bonds is 8. The Labute approximate surface area is 168 Å². The first-order valence-corrected chi connectivity index (χ1v) is 13.5. The molecule has 0 bridgehead atoms. The predicted molar refractivity (Wildman–Crippen MR) is 115 cm³/mol. The van der Waals surface area contributed by atoms with E-state index in [9.17, 15) is 9.59 Å². The standard InChI is InChI=1S/C24H24AsO3/c1-2-28-24(27)18-23(26)19-25(20-12-6-3-7-13-20,21-14-8-4-9-15-21)22-16-10-5-11-17-22/h3-17H,2,18-19H2,1H3/q+1. The number of hydrogen-bond donors (Lipinski definition) is 0. The van der Waals surface area contributed by atoms with Gasteiger partial charge in [-0.15, -0.1) is 0 Å². The number of ketones is 1. The van der Waals surface area contributed by atoms with Crippen molar-refractivity contribution in [2.75, 3.05) is 6.61 Å². The van der Waals surface area contributed by atoms with Crippen LogP contribution in [0.25, 0.3) is 0 Å². The van der Waals surface area contributed by atoms with Crippen molar-refractivity contribution in [1.29, 1.82) is 0 Å². The van der Waals surface area contributed by atoms with Gasteiger partial charge in [0.15, 0.2) is 0 Å². The topological polar surface area (TPSA) is 43.4 Å². The molecule has 0 aliphatic rings. The van der Waals surface area contributed by atoms with E-state index in [1.165, 1.54) is 13.1 Å². The van der Waals surface area contributed by atoms with E-state index < -0.39 is 19.5 Å². The van der Waals surface area contributed by atoms with Crippen molar-refractivity contribution in [1.82, 2.24) is 0 Å². The Bertz CT molecular complexity index is 812. The van der Waals surface area contributed by atoms with Gasteiger partial charge in [-0.1, -0.05) is 0 Å². The summed E-state index contributed by atoms with van der Waals surface area (Å²) < 4.78 is 8.57. The molecular weight excluding hydrogens is 411 g/mol. The zero-order valence-electron chi connectivity index (χ0n) is 16.0. The Morgan fingerprint density at radius 3 is 1.46 bits per heavy atom. The summed E-state index contributed by atoms with van der Waals surface area (Å²) in [4.78, 5) is 24.9. The molecule has 0 saturated heterocycles. The molecular formula is C24H24AsO3+. The third kappa shape index (κ3) is 4.43. The van der Waals surface area contributed by atoms with Crippen LogP contribution >= 0.6 is 0 Å². The Hall–Kier alpha value is -2.64. The van der Waals surface area contributed by atoms with Crippen LogP contribution in [0.1, 0.15) is 13.3 Å². The second-order valence-corrected chi connectivity index (χ2v) is 13.8. The number of carbonyl (C=O) groups excluding carboxylic acids is 2. The van der Waals surface area contributed by atoms with Crippen molar-refractivity contribution >= 4 is 38.4 Å². The quantitative estimate of drug-likeness (QED) is 0.311. The van der Waals surface area contributed by atoms with E-state index in [2.05, 4.69) is 36.4 Å². The fourth-order valence-electron chi connectivity index (χ4n) is 3.46. The molecule has 3 rings (SSSR count). The van der Waals surface area contributed by atoms with Crippen molar-refractivity contribution in [2.24, 2.45) is 0 Å². The van der Waals surface area contributed by atoms with Gasteiger partial charge in [0.2, 0.25) is 0 Å². The second-order valence-electron chi connectivity index (χ2n) is 6.49. The van der Waals surface area contributed by atoms with Crippen molar-refractivity contribution in [3.63, 3.8) is 0 Å². The number of carbonyl (C=O) groups is 2. The molecule has 0 amide bonds. The molecule has 0 fully saturated rings. The summed E-state index contributed by atoms with van der Waals surface area (Å²) in [5.41, 5.74) is 0. The minimum absolute atomic E-state index is 0.0671. The summed E-state index contributed by atoms with van der Waals surface area (Å²) in [6.07, 6.45) is -0.177. The molecule has 0 heterocycles. The van der Waals surface area contributed by atoms with Crippen LogP contribution in [0.2, 0.25) is 5.21 Å². The summed E-state index contributed by atoms with van der Waals surface area (Å²) in [7, 11) is 0. The van der Waals surface area contributed by atoms with Crippen molar-refractivity contribution in [2.45, 2.75) is 18.6 Å². The molecule has 0 aromatic heterocycles. The number of Topliss-reactive ketones (excluding diaryl/α,β-unsaturated/α-hetero) is 1. The molecule has 3 nitrogen and oxygen atoms in total. The molecule has 4 heteroatoms. The monoisotopic (exact) mass is 435 g/mol. The van der Waals surface area contributed by atoms with Crippen LogP contribution in [0, 0.1) is 0 Å². The van der Waals surface area contributed by atoms with Gasteiger partial charge in [0.1, 0.15) is 0 Å². The average molecular weight is 435 g/mol.